The normalized spacial score (nSPS) is 10.5. The zero-order valence-corrected chi connectivity index (χ0v) is 10.4. The molecule has 94 valence electrons. The van der Waals surface area contributed by atoms with Gasteiger partial charge in [0.15, 0.2) is 0 Å². The maximum Gasteiger partial charge on any atom is 0.282 e. The summed E-state index contributed by atoms with van der Waals surface area (Å²) in [5.41, 5.74) is 5.56. The van der Waals surface area contributed by atoms with Gasteiger partial charge in [-0.05, 0) is 18.2 Å². The van der Waals surface area contributed by atoms with Crippen molar-refractivity contribution < 1.29 is 9.34 Å². The van der Waals surface area contributed by atoms with E-state index in [2.05, 4.69) is 0 Å². The van der Waals surface area contributed by atoms with Crippen molar-refractivity contribution in [3.63, 3.8) is 0 Å². The van der Waals surface area contributed by atoms with Crippen molar-refractivity contribution in [1.29, 1.82) is 0 Å². The molecule has 0 aliphatic carbocycles. The molecule has 0 saturated carbocycles. The van der Waals surface area contributed by atoms with Crippen LogP contribution in [0.3, 0.4) is 0 Å². The van der Waals surface area contributed by atoms with E-state index in [4.69, 9.17) is 10.2 Å². The highest BCUT2D eigenvalue weighted by atomic mass is 32.2. The molecule has 0 aliphatic rings. The van der Waals surface area contributed by atoms with Crippen molar-refractivity contribution in [1.82, 2.24) is 0 Å². The Morgan fingerprint density at radius 1 is 1.22 bits per heavy atom. The molecule has 0 amide bonds. The largest absolute Gasteiger partial charge is 0.464 e. The monoisotopic (exact) mass is 264 g/mol. The van der Waals surface area contributed by atoms with E-state index >= 15 is 0 Å². The van der Waals surface area contributed by atoms with E-state index in [0.717, 1.165) is 5.76 Å². The first-order chi connectivity index (χ1) is 8.70. The van der Waals surface area contributed by atoms with E-state index in [1.807, 2.05) is 12.1 Å². The number of nitrogens with two attached hydrogens (primary N) is 1. The standard InChI is InChI=1S/C12H12N2O3S/c13-7-9-5-6-10(17-9)8-18-12-4-2-1-3-11(12)14(15)16/h1-6H,7-8,13H2. The van der Waals surface area contributed by atoms with Gasteiger partial charge in [0, 0.05) is 6.07 Å². The van der Waals surface area contributed by atoms with Crippen LogP contribution in [0.5, 0.6) is 0 Å². The third-order valence-corrected chi connectivity index (χ3v) is 3.44. The fourth-order valence-corrected chi connectivity index (χ4v) is 2.41. The van der Waals surface area contributed by atoms with Gasteiger partial charge in [-0.25, -0.2) is 0 Å². The molecule has 1 aromatic heterocycles. The maximum absolute atomic E-state index is 10.8. The van der Waals surface area contributed by atoms with Crippen molar-refractivity contribution in [3.05, 3.63) is 58.0 Å². The Bertz CT molecular complexity index is 554. The Hall–Kier alpha value is -1.79. The van der Waals surface area contributed by atoms with Crippen LogP contribution >= 0.6 is 11.8 Å². The van der Waals surface area contributed by atoms with Crippen molar-refractivity contribution in [2.45, 2.75) is 17.2 Å². The van der Waals surface area contributed by atoms with Crippen LogP contribution in [0.1, 0.15) is 11.5 Å². The summed E-state index contributed by atoms with van der Waals surface area (Å²) < 4.78 is 5.44. The highest BCUT2D eigenvalue weighted by molar-refractivity contribution is 7.98. The lowest BCUT2D eigenvalue weighted by Crippen LogP contribution is -1.92. The summed E-state index contributed by atoms with van der Waals surface area (Å²) in [7, 11) is 0. The predicted molar refractivity (Wildman–Crippen MR) is 69.3 cm³/mol. The predicted octanol–water partition coefficient (Wildman–Crippen LogP) is 2.94. The zero-order chi connectivity index (χ0) is 13.0. The third-order valence-electron chi connectivity index (χ3n) is 2.35. The average molecular weight is 264 g/mol. The lowest BCUT2D eigenvalue weighted by molar-refractivity contribution is -0.387. The summed E-state index contributed by atoms with van der Waals surface area (Å²) in [6.45, 7) is 0.357. The molecular formula is C12H12N2O3S. The zero-order valence-electron chi connectivity index (χ0n) is 9.54. The van der Waals surface area contributed by atoms with E-state index in [1.54, 1.807) is 18.2 Å². The number of nitro benzene ring substituents is 1. The highest BCUT2D eigenvalue weighted by Gasteiger charge is 2.13. The summed E-state index contributed by atoms with van der Waals surface area (Å²) in [6, 6.07) is 10.3. The van der Waals surface area contributed by atoms with Gasteiger partial charge >= 0.3 is 0 Å². The topological polar surface area (TPSA) is 82.3 Å². The second-order valence-electron chi connectivity index (χ2n) is 3.59. The molecule has 0 atom stereocenters. The highest BCUT2D eigenvalue weighted by Crippen LogP contribution is 2.31. The van der Waals surface area contributed by atoms with Gasteiger partial charge in [-0.3, -0.25) is 10.1 Å². The number of nitro groups is 1. The Balaban J connectivity index is 2.08. The van der Waals surface area contributed by atoms with Gasteiger partial charge in [-0.2, -0.15) is 0 Å². The summed E-state index contributed by atoms with van der Waals surface area (Å²) in [5.74, 6) is 2.02. The first kappa shape index (κ1) is 12.7. The lowest BCUT2D eigenvalue weighted by Gasteiger charge is -2.00. The minimum absolute atomic E-state index is 0.119. The van der Waals surface area contributed by atoms with Crippen LogP contribution in [0.15, 0.2) is 45.7 Å². The number of hydrogen-bond donors (Lipinski definition) is 1. The van der Waals surface area contributed by atoms with Crippen LogP contribution in [-0.2, 0) is 12.3 Å². The van der Waals surface area contributed by atoms with Gasteiger partial charge in [0.25, 0.3) is 5.69 Å². The lowest BCUT2D eigenvalue weighted by atomic mass is 10.3. The van der Waals surface area contributed by atoms with E-state index in [9.17, 15) is 10.1 Å². The quantitative estimate of drug-likeness (QED) is 0.510. The number of hydrogen-bond acceptors (Lipinski definition) is 5. The molecule has 0 spiro atoms. The minimum Gasteiger partial charge on any atom is -0.464 e. The van der Waals surface area contributed by atoms with Crippen molar-refractivity contribution in [2.24, 2.45) is 5.73 Å². The smallest absolute Gasteiger partial charge is 0.282 e. The second-order valence-corrected chi connectivity index (χ2v) is 4.60. The van der Waals surface area contributed by atoms with Gasteiger partial charge in [0.1, 0.15) is 11.5 Å². The SMILES string of the molecule is NCc1ccc(CSc2ccccc2[N+](=O)[O-])o1. The van der Waals surface area contributed by atoms with Crippen LogP contribution in [0.25, 0.3) is 0 Å². The van der Waals surface area contributed by atoms with Crippen molar-refractivity contribution >= 4 is 17.4 Å². The summed E-state index contributed by atoms with van der Waals surface area (Å²) in [5, 5.41) is 10.8. The average Bonchev–Trinajstić information content (AvgIpc) is 2.84. The van der Waals surface area contributed by atoms with Crippen molar-refractivity contribution in [2.75, 3.05) is 0 Å². The molecule has 1 heterocycles. The molecule has 6 heteroatoms. The van der Waals surface area contributed by atoms with Gasteiger partial charge in [0.05, 0.1) is 22.1 Å². The minimum atomic E-state index is -0.379. The van der Waals surface area contributed by atoms with Gasteiger partial charge in [0.2, 0.25) is 0 Å². The Kier molecular flexibility index (Phi) is 4.01. The first-order valence-corrected chi connectivity index (χ1v) is 6.33. The maximum atomic E-state index is 10.8. The molecule has 0 saturated heterocycles. The molecule has 5 nitrogen and oxygen atoms in total. The molecule has 0 unspecified atom stereocenters. The van der Waals surface area contributed by atoms with E-state index in [1.165, 1.54) is 17.8 Å². The number of para-hydroxylation sites is 1. The first-order valence-electron chi connectivity index (χ1n) is 5.34. The molecule has 2 aromatic rings. The Morgan fingerprint density at radius 2 is 1.94 bits per heavy atom. The van der Waals surface area contributed by atoms with Gasteiger partial charge in [-0.1, -0.05) is 12.1 Å². The number of furan rings is 1. The number of rotatable bonds is 5. The van der Waals surface area contributed by atoms with Crippen LogP contribution in [0, 0.1) is 10.1 Å². The molecule has 2 N–H and O–H groups in total. The Labute approximate surface area is 108 Å². The fraction of sp³-hybridized carbons (Fsp3) is 0.167. The van der Waals surface area contributed by atoms with E-state index in [-0.39, 0.29) is 10.6 Å². The molecule has 0 fully saturated rings. The number of nitrogens with zero attached hydrogens (tertiary/aromatic N) is 1. The van der Waals surface area contributed by atoms with Crippen molar-refractivity contribution in [3.8, 4) is 0 Å². The van der Waals surface area contributed by atoms with Crippen LogP contribution in [-0.4, -0.2) is 4.92 Å². The summed E-state index contributed by atoms with van der Waals surface area (Å²) in [6.07, 6.45) is 0. The molecular weight excluding hydrogens is 252 g/mol. The van der Waals surface area contributed by atoms with E-state index < -0.39 is 0 Å². The molecule has 18 heavy (non-hydrogen) atoms. The molecule has 0 radical (unpaired) electrons. The fourth-order valence-electron chi connectivity index (χ4n) is 1.49. The van der Waals surface area contributed by atoms with E-state index in [0.29, 0.717) is 23.0 Å². The van der Waals surface area contributed by atoms with Gasteiger partial charge in [-0.15, -0.1) is 11.8 Å². The van der Waals surface area contributed by atoms with Crippen LogP contribution in [0.2, 0.25) is 0 Å². The van der Waals surface area contributed by atoms with Gasteiger partial charge < -0.3 is 10.2 Å². The molecule has 0 aliphatic heterocycles. The molecule has 1 aromatic carbocycles. The Morgan fingerprint density at radius 3 is 2.61 bits per heavy atom. The number of thioether (sulfide) groups is 1. The summed E-state index contributed by atoms with van der Waals surface area (Å²) >= 11 is 1.38. The third kappa shape index (κ3) is 2.91. The van der Waals surface area contributed by atoms with Crippen LogP contribution < -0.4 is 5.73 Å². The molecule has 0 bridgehead atoms. The molecule has 2 rings (SSSR count). The summed E-state index contributed by atoms with van der Waals surface area (Å²) in [4.78, 5) is 11.1. The number of benzene rings is 1. The van der Waals surface area contributed by atoms with Crippen LogP contribution in [0.4, 0.5) is 5.69 Å². The second kappa shape index (κ2) is 5.70.